The Morgan fingerprint density at radius 3 is 2.90 bits per heavy atom. The molecule has 1 heterocycles. The quantitative estimate of drug-likeness (QED) is 0.839. The van der Waals surface area contributed by atoms with Gasteiger partial charge >= 0.3 is 0 Å². The Bertz CT molecular complexity index is 441. The molecule has 1 saturated heterocycles. The molecule has 2 aliphatic rings. The summed E-state index contributed by atoms with van der Waals surface area (Å²) in [7, 11) is 0. The fraction of sp³-hybridized carbons (Fsp3) is 0.647. The maximum absolute atomic E-state index is 6.19. The van der Waals surface area contributed by atoms with Crippen LogP contribution in [0.2, 0.25) is 0 Å². The van der Waals surface area contributed by atoms with Gasteiger partial charge in [-0.1, -0.05) is 6.07 Å². The largest absolute Gasteiger partial charge is 0.494 e. The molecule has 1 aromatic rings. The molecule has 0 bridgehead atoms. The van der Waals surface area contributed by atoms with E-state index in [1.807, 2.05) is 0 Å². The Kier molecular flexibility index (Phi) is 4.58. The molecule has 2 N–H and O–H groups in total. The fourth-order valence-corrected chi connectivity index (χ4v) is 3.39. The van der Waals surface area contributed by atoms with Gasteiger partial charge in [0.15, 0.2) is 0 Å². The first-order chi connectivity index (χ1) is 9.83. The lowest BCUT2D eigenvalue weighted by Gasteiger charge is -2.23. The van der Waals surface area contributed by atoms with Gasteiger partial charge < -0.3 is 15.4 Å². The van der Waals surface area contributed by atoms with Crippen molar-refractivity contribution in [3.63, 3.8) is 0 Å². The lowest BCUT2D eigenvalue weighted by Crippen LogP contribution is -2.22. The number of hydrogen-bond donors (Lipinski definition) is 1. The van der Waals surface area contributed by atoms with Crippen LogP contribution in [0.3, 0.4) is 0 Å². The van der Waals surface area contributed by atoms with Crippen LogP contribution in [0.5, 0.6) is 5.75 Å². The minimum absolute atomic E-state index is 0.201. The van der Waals surface area contributed by atoms with E-state index in [0.717, 1.165) is 31.6 Å². The molecule has 1 aliphatic heterocycles. The van der Waals surface area contributed by atoms with Gasteiger partial charge in [-0.05, 0) is 74.9 Å². The summed E-state index contributed by atoms with van der Waals surface area (Å²) in [5, 5.41) is 0. The Hall–Kier alpha value is -1.06. The maximum Gasteiger partial charge on any atom is 0.119 e. The summed E-state index contributed by atoms with van der Waals surface area (Å²) < 4.78 is 5.90. The zero-order valence-electron chi connectivity index (χ0n) is 12.3. The number of aryl methyl sites for hydroxylation is 1. The van der Waals surface area contributed by atoms with E-state index in [1.54, 1.807) is 0 Å². The van der Waals surface area contributed by atoms with Crippen molar-refractivity contribution < 1.29 is 4.74 Å². The Labute approximate surface area is 122 Å². The van der Waals surface area contributed by atoms with Crippen LogP contribution in [0.4, 0.5) is 0 Å². The highest BCUT2D eigenvalue weighted by atomic mass is 16.5. The number of nitrogens with zero attached hydrogens (tertiary/aromatic N) is 1. The summed E-state index contributed by atoms with van der Waals surface area (Å²) in [6, 6.07) is 6.67. The van der Waals surface area contributed by atoms with E-state index in [1.165, 1.54) is 50.0 Å². The van der Waals surface area contributed by atoms with Crippen LogP contribution >= 0.6 is 0 Å². The number of rotatable bonds is 5. The van der Waals surface area contributed by atoms with Crippen LogP contribution in [0.25, 0.3) is 0 Å². The van der Waals surface area contributed by atoms with Crippen molar-refractivity contribution in [1.82, 2.24) is 4.90 Å². The first-order valence-corrected chi connectivity index (χ1v) is 8.06. The molecule has 110 valence electrons. The van der Waals surface area contributed by atoms with Crippen molar-refractivity contribution >= 4 is 0 Å². The number of ether oxygens (including phenoxy) is 1. The van der Waals surface area contributed by atoms with Crippen LogP contribution in [-0.4, -0.2) is 31.1 Å². The van der Waals surface area contributed by atoms with Gasteiger partial charge in [-0.25, -0.2) is 0 Å². The molecule has 3 nitrogen and oxygen atoms in total. The van der Waals surface area contributed by atoms with E-state index in [9.17, 15) is 0 Å². The van der Waals surface area contributed by atoms with Gasteiger partial charge in [0.1, 0.15) is 5.75 Å². The van der Waals surface area contributed by atoms with Crippen LogP contribution in [0, 0.1) is 0 Å². The molecule has 0 amide bonds. The smallest absolute Gasteiger partial charge is 0.119 e. The normalized spacial score (nSPS) is 22.8. The number of fused-ring (bicyclic) bond motifs is 1. The van der Waals surface area contributed by atoms with Gasteiger partial charge in [-0.3, -0.25) is 0 Å². The molecular weight excluding hydrogens is 248 g/mol. The SMILES string of the molecule is N[C@H]1CCCc2ccc(OCCCN3CCCC3)cc21. The predicted molar refractivity (Wildman–Crippen MR) is 82.1 cm³/mol. The van der Waals surface area contributed by atoms with Crippen LogP contribution in [0.1, 0.15) is 49.3 Å². The Balaban J connectivity index is 1.49. The van der Waals surface area contributed by atoms with E-state index < -0.39 is 0 Å². The van der Waals surface area contributed by atoms with Crippen molar-refractivity contribution in [2.75, 3.05) is 26.2 Å². The first-order valence-electron chi connectivity index (χ1n) is 8.06. The van der Waals surface area contributed by atoms with Crippen molar-refractivity contribution in [2.24, 2.45) is 5.73 Å². The summed E-state index contributed by atoms with van der Waals surface area (Å²) in [6.07, 6.45) is 7.32. The monoisotopic (exact) mass is 274 g/mol. The molecule has 1 fully saturated rings. The van der Waals surface area contributed by atoms with E-state index in [2.05, 4.69) is 23.1 Å². The summed E-state index contributed by atoms with van der Waals surface area (Å²) in [4.78, 5) is 2.53. The van der Waals surface area contributed by atoms with E-state index in [4.69, 9.17) is 10.5 Å². The molecule has 0 radical (unpaired) electrons. The zero-order chi connectivity index (χ0) is 13.8. The fourth-order valence-electron chi connectivity index (χ4n) is 3.39. The zero-order valence-corrected chi connectivity index (χ0v) is 12.3. The van der Waals surface area contributed by atoms with Crippen molar-refractivity contribution in [2.45, 2.75) is 44.6 Å². The highest BCUT2D eigenvalue weighted by Crippen LogP contribution is 2.30. The molecule has 3 heteroatoms. The Morgan fingerprint density at radius 1 is 1.20 bits per heavy atom. The lowest BCUT2D eigenvalue weighted by molar-refractivity contribution is 0.263. The molecule has 1 atom stereocenters. The standard InChI is InChI=1S/C17H26N2O/c18-17-6-3-5-14-7-8-15(13-16(14)17)20-12-4-11-19-9-1-2-10-19/h7-8,13,17H,1-6,9-12,18H2/t17-/m0/s1. The van der Waals surface area contributed by atoms with Gasteiger partial charge in [0.2, 0.25) is 0 Å². The molecular formula is C17H26N2O. The number of likely N-dealkylation sites (tertiary alicyclic amines) is 1. The highest BCUT2D eigenvalue weighted by Gasteiger charge is 2.17. The lowest BCUT2D eigenvalue weighted by atomic mass is 9.88. The number of benzene rings is 1. The second kappa shape index (κ2) is 6.59. The third-order valence-corrected chi connectivity index (χ3v) is 4.56. The van der Waals surface area contributed by atoms with Crippen LogP contribution in [-0.2, 0) is 6.42 Å². The number of hydrogen-bond acceptors (Lipinski definition) is 3. The second-order valence-electron chi connectivity index (χ2n) is 6.11. The molecule has 0 aromatic heterocycles. The number of nitrogens with two attached hydrogens (primary N) is 1. The van der Waals surface area contributed by atoms with E-state index in [0.29, 0.717) is 0 Å². The molecule has 20 heavy (non-hydrogen) atoms. The summed E-state index contributed by atoms with van der Waals surface area (Å²) in [6.45, 7) is 4.52. The molecule has 1 aliphatic carbocycles. The first kappa shape index (κ1) is 13.9. The van der Waals surface area contributed by atoms with Gasteiger partial charge in [0, 0.05) is 12.6 Å². The summed E-state index contributed by atoms with van der Waals surface area (Å²) in [5.74, 6) is 0.988. The van der Waals surface area contributed by atoms with Gasteiger partial charge in [0.05, 0.1) is 6.61 Å². The van der Waals surface area contributed by atoms with Crippen LogP contribution in [0.15, 0.2) is 18.2 Å². The summed E-state index contributed by atoms with van der Waals surface area (Å²) in [5.41, 5.74) is 8.90. The minimum Gasteiger partial charge on any atom is -0.494 e. The topological polar surface area (TPSA) is 38.5 Å². The molecule has 3 rings (SSSR count). The minimum atomic E-state index is 0.201. The summed E-state index contributed by atoms with van der Waals surface area (Å²) >= 11 is 0. The third-order valence-electron chi connectivity index (χ3n) is 4.56. The average Bonchev–Trinajstić information content (AvgIpc) is 2.98. The molecule has 1 aromatic carbocycles. The van der Waals surface area contributed by atoms with Crippen molar-refractivity contribution in [1.29, 1.82) is 0 Å². The molecule has 0 unspecified atom stereocenters. The maximum atomic E-state index is 6.19. The Morgan fingerprint density at radius 2 is 2.05 bits per heavy atom. The van der Waals surface area contributed by atoms with E-state index >= 15 is 0 Å². The van der Waals surface area contributed by atoms with E-state index in [-0.39, 0.29) is 6.04 Å². The van der Waals surface area contributed by atoms with Crippen molar-refractivity contribution in [3.05, 3.63) is 29.3 Å². The third kappa shape index (κ3) is 3.33. The van der Waals surface area contributed by atoms with Crippen LogP contribution < -0.4 is 10.5 Å². The average molecular weight is 274 g/mol. The van der Waals surface area contributed by atoms with Crippen molar-refractivity contribution in [3.8, 4) is 5.75 Å². The second-order valence-corrected chi connectivity index (χ2v) is 6.11. The molecule has 0 spiro atoms. The highest BCUT2D eigenvalue weighted by molar-refractivity contribution is 5.39. The van der Waals surface area contributed by atoms with Gasteiger partial charge in [-0.15, -0.1) is 0 Å². The van der Waals surface area contributed by atoms with Gasteiger partial charge in [0.25, 0.3) is 0 Å². The molecule has 0 saturated carbocycles. The predicted octanol–water partition coefficient (Wildman–Crippen LogP) is 2.89. The van der Waals surface area contributed by atoms with Gasteiger partial charge in [-0.2, -0.15) is 0 Å².